The molecule has 0 amide bonds. The maximum atomic E-state index is 12.3. The maximum absolute atomic E-state index is 12.3. The van der Waals surface area contributed by atoms with Gasteiger partial charge in [0, 0.05) is 42.0 Å². The molecule has 0 spiro atoms. The van der Waals surface area contributed by atoms with Gasteiger partial charge >= 0.3 is 15.4 Å². The molecule has 4 aromatic rings. The summed E-state index contributed by atoms with van der Waals surface area (Å²) in [7, 11) is 1.40. The van der Waals surface area contributed by atoms with Gasteiger partial charge in [-0.1, -0.05) is 36.4 Å². The molecular weight excluding hydrogens is 554 g/mol. The van der Waals surface area contributed by atoms with Crippen LogP contribution >= 0.6 is 0 Å². The summed E-state index contributed by atoms with van der Waals surface area (Å²) in [6.45, 7) is 7.01. The highest BCUT2D eigenvalue weighted by Crippen LogP contribution is 2.48. The number of hydrogen-bond acceptors (Lipinski definition) is 6. The molecule has 2 radical (unpaired) electrons. The molecule has 44 heavy (non-hydrogen) atoms. The summed E-state index contributed by atoms with van der Waals surface area (Å²) in [5.41, 5.74) is 4.39. The van der Waals surface area contributed by atoms with Crippen molar-refractivity contribution in [3.05, 3.63) is 114 Å². The molecule has 4 N–H and O–H groups in total. The highest BCUT2D eigenvalue weighted by molar-refractivity contribution is 6.17. The fourth-order valence-electron chi connectivity index (χ4n) is 7.62. The Kier molecular flexibility index (Phi) is 9.07. The minimum Gasteiger partial charge on any atom is -0.537 e. The Balaban J connectivity index is 1.41. The molecule has 10 heteroatoms. The highest BCUT2D eigenvalue weighted by atomic mass is 16.5. The van der Waals surface area contributed by atoms with Gasteiger partial charge in [-0.3, -0.25) is 0 Å². The second-order valence-corrected chi connectivity index (χ2v) is 12.0. The van der Waals surface area contributed by atoms with Crippen molar-refractivity contribution in [2.45, 2.75) is 44.7 Å². The zero-order valence-electron chi connectivity index (χ0n) is 24.7. The van der Waals surface area contributed by atoms with Gasteiger partial charge in [0.1, 0.15) is 30.2 Å². The average molecular weight is 592 g/mol. The second-order valence-electron chi connectivity index (χ2n) is 12.0. The lowest BCUT2D eigenvalue weighted by Gasteiger charge is -2.58. The SMILES string of the molecule is C=CC1C[N+]2(Cc3ccccc3O[B]O)CCC1CC2C(O)c1cc[n+](Cc2ccccc2O[B]O)c2cc(CO)ccc12. The standard InChI is InChI=1S/C34H38B2N2O6/c1-2-24-20-38(21-27-8-4-6-10-33(27)44-36-42)16-14-25(24)18-31(38)34(40)29-13-15-37(30-17-23(22-39)11-12-28(29)30)19-26-7-3-5-9-32(26)43-35-41/h2-13,15,17,24-25,31,34,39-42H,1,14,16,18-22H2/q+2. The lowest BCUT2D eigenvalue weighted by Crippen LogP contribution is -2.67. The van der Waals surface area contributed by atoms with Crippen molar-refractivity contribution in [2.24, 2.45) is 11.8 Å². The number of pyridine rings is 1. The summed E-state index contributed by atoms with van der Waals surface area (Å²) in [4.78, 5) is 0. The summed E-state index contributed by atoms with van der Waals surface area (Å²) in [5.74, 6) is 2.00. The Morgan fingerprint density at radius 2 is 1.68 bits per heavy atom. The van der Waals surface area contributed by atoms with E-state index in [2.05, 4.69) is 17.2 Å². The Labute approximate surface area is 259 Å². The molecule has 2 bridgehead atoms. The predicted molar refractivity (Wildman–Crippen MR) is 168 cm³/mol. The molecule has 1 aromatic heterocycles. The van der Waals surface area contributed by atoms with Crippen LogP contribution in [0.15, 0.2) is 91.6 Å². The normalized spacial score (nSPS) is 23.2. The van der Waals surface area contributed by atoms with Crippen LogP contribution < -0.4 is 13.9 Å². The van der Waals surface area contributed by atoms with E-state index in [1.807, 2.05) is 72.9 Å². The fraction of sp³-hybridized carbons (Fsp3) is 0.324. The number of aliphatic hydroxyl groups is 2. The number of nitrogens with zero attached hydrogens (tertiary/aromatic N) is 2. The van der Waals surface area contributed by atoms with Gasteiger partial charge < -0.3 is 34.1 Å². The summed E-state index contributed by atoms with van der Waals surface area (Å²) in [6.07, 6.45) is 5.27. The minimum absolute atomic E-state index is 0.0538. The van der Waals surface area contributed by atoms with E-state index in [0.717, 1.165) is 66.8 Å². The van der Waals surface area contributed by atoms with Crippen molar-refractivity contribution in [3.8, 4) is 11.5 Å². The topological polar surface area (TPSA) is 103 Å². The molecule has 3 fully saturated rings. The monoisotopic (exact) mass is 592 g/mol. The molecule has 7 rings (SSSR count). The number of para-hydroxylation sites is 2. The predicted octanol–water partition coefficient (Wildman–Crippen LogP) is 3.12. The molecule has 5 atom stereocenters. The van der Waals surface area contributed by atoms with Crippen LogP contribution in [0.1, 0.15) is 41.2 Å². The van der Waals surface area contributed by atoms with E-state index < -0.39 is 6.10 Å². The quantitative estimate of drug-likeness (QED) is 0.0874. The van der Waals surface area contributed by atoms with Gasteiger partial charge in [-0.15, -0.1) is 6.58 Å². The molecule has 0 saturated carbocycles. The summed E-state index contributed by atoms with van der Waals surface area (Å²) in [6, 6.07) is 23.1. The first-order valence-electron chi connectivity index (χ1n) is 15.1. The summed E-state index contributed by atoms with van der Waals surface area (Å²) >= 11 is 0. The number of rotatable bonds is 12. The Morgan fingerprint density at radius 3 is 2.39 bits per heavy atom. The zero-order chi connectivity index (χ0) is 30.7. The molecule has 0 aliphatic carbocycles. The van der Waals surface area contributed by atoms with Crippen LogP contribution in [-0.4, -0.2) is 59.2 Å². The molecule has 3 aliphatic rings. The molecule has 3 saturated heterocycles. The molecule has 5 unspecified atom stereocenters. The Hall–Kier alpha value is -3.66. The van der Waals surface area contributed by atoms with Gasteiger partial charge in [-0.25, -0.2) is 0 Å². The lowest BCUT2D eigenvalue weighted by atomic mass is 9.71. The third-order valence-electron chi connectivity index (χ3n) is 9.79. The van der Waals surface area contributed by atoms with Crippen molar-refractivity contribution in [2.75, 3.05) is 13.1 Å². The molecule has 3 aromatic carbocycles. The van der Waals surface area contributed by atoms with Gasteiger partial charge in [0.25, 0.3) is 0 Å². The minimum atomic E-state index is -0.738. The van der Waals surface area contributed by atoms with E-state index in [1.54, 1.807) is 6.07 Å². The van der Waals surface area contributed by atoms with Crippen LogP contribution in [0.4, 0.5) is 0 Å². The second kappa shape index (κ2) is 13.1. The van der Waals surface area contributed by atoms with Crippen LogP contribution in [-0.2, 0) is 19.7 Å². The van der Waals surface area contributed by atoms with E-state index in [9.17, 15) is 20.3 Å². The van der Waals surface area contributed by atoms with E-state index >= 15 is 0 Å². The average Bonchev–Trinajstić information content (AvgIpc) is 3.06. The van der Waals surface area contributed by atoms with Gasteiger partial charge in [0.15, 0.2) is 12.7 Å². The first kappa shape index (κ1) is 30.4. The number of fused-ring (bicyclic) bond motifs is 4. The van der Waals surface area contributed by atoms with Crippen molar-refractivity contribution >= 4 is 26.3 Å². The van der Waals surface area contributed by atoms with Crippen LogP contribution in [0.2, 0.25) is 0 Å². The van der Waals surface area contributed by atoms with Crippen LogP contribution in [0.25, 0.3) is 10.9 Å². The smallest absolute Gasteiger partial charge is 0.537 e. The van der Waals surface area contributed by atoms with E-state index in [4.69, 9.17) is 9.31 Å². The third-order valence-corrected chi connectivity index (χ3v) is 9.79. The summed E-state index contributed by atoms with van der Waals surface area (Å²) < 4.78 is 13.6. The lowest BCUT2D eigenvalue weighted by molar-refractivity contribution is -0.984. The van der Waals surface area contributed by atoms with Crippen molar-refractivity contribution in [3.63, 3.8) is 0 Å². The highest BCUT2D eigenvalue weighted by Gasteiger charge is 2.54. The van der Waals surface area contributed by atoms with Gasteiger partial charge in [-0.05, 0) is 41.8 Å². The number of piperidine rings is 3. The van der Waals surface area contributed by atoms with Crippen molar-refractivity contribution in [1.29, 1.82) is 0 Å². The molecule has 4 heterocycles. The number of aliphatic hydroxyl groups excluding tert-OH is 2. The van der Waals surface area contributed by atoms with Crippen LogP contribution in [0.3, 0.4) is 0 Å². The van der Waals surface area contributed by atoms with Gasteiger partial charge in [0.05, 0.1) is 30.6 Å². The first-order chi connectivity index (χ1) is 21.5. The molecular formula is C34H38B2N2O6+2. The van der Waals surface area contributed by atoms with E-state index in [1.165, 1.54) is 0 Å². The summed E-state index contributed by atoms with van der Waals surface area (Å²) in [5, 5.41) is 41.9. The molecule has 3 aliphatic heterocycles. The zero-order valence-corrected chi connectivity index (χ0v) is 24.7. The van der Waals surface area contributed by atoms with Crippen molar-refractivity contribution < 1.29 is 38.6 Å². The number of quaternary nitrogens is 1. The molecule has 8 nitrogen and oxygen atoms in total. The molecule has 224 valence electrons. The fourth-order valence-corrected chi connectivity index (χ4v) is 7.62. The number of aromatic nitrogens is 1. The van der Waals surface area contributed by atoms with Gasteiger partial charge in [-0.2, -0.15) is 4.57 Å². The van der Waals surface area contributed by atoms with E-state index in [-0.39, 0.29) is 12.6 Å². The number of hydrogen-bond donors (Lipinski definition) is 4. The Bertz CT molecular complexity index is 1640. The van der Waals surface area contributed by atoms with Gasteiger partial charge in [0.2, 0.25) is 5.52 Å². The maximum Gasteiger partial charge on any atom is 0.569 e. The number of benzene rings is 3. The van der Waals surface area contributed by atoms with Crippen LogP contribution in [0, 0.1) is 11.8 Å². The first-order valence-corrected chi connectivity index (χ1v) is 15.1. The van der Waals surface area contributed by atoms with Crippen LogP contribution in [0.5, 0.6) is 11.5 Å². The van der Waals surface area contributed by atoms with E-state index in [0.29, 0.717) is 48.6 Å². The Morgan fingerprint density at radius 1 is 0.977 bits per heavy atom. The largest absolute Gasteiger partial charge is 0.569 e. The third kappa shape index (κ3) is 5.76. The van der Waals surface area contributed by atoms with Crippen molar-refractivity contribution in [1.82, 2.24) is 0 Å².